The molecular weight excluding hydrogens is 316 g/mol. The molecule has 0 aliphatic carbocycles. The van der Waals surface area contributed by atoms with Crippen LogP contribution in [0.5, 0.6) is 5.75 Å². The lowest BCUT2D eigenvalue weighted by atomic mass is 10.1. The zero-order valence-electron chi connectivity index (χ0n) is 12.9. The fraction of sp³-hybridized carbons (Fsp3) is 0.188. The second-order valence-electron chi connectivity index (χ2n) is 5.05. The summed E-state index contributed by atoms with van der Waals surface area (Å²) in [6.45, 7) is 0.391. The lowest BCUT2D eigenvalue weighted by Crippen LogP contribution is -2.27. The van der Waals surface area contributed by atoms with Crippen LogP contribution in [0.15, 0.2) is 53.4 Å². The minimum atomic E-state index is -3.89. The van der Waals surface area contributed by atoms with Crippen molar-refractivity contribution in [1.29, 1.82) is 0 Å². The van der Waals surface area contributed by atoms with Crippen molar-refractivity contribution >= 4 is 15.9 Å². The van der Waals surface area contributed by atoms with Crippen LogP contribution >= 0.6 is 0 Å². The molecule has 2 aromatic carbocycles. The molecular formula is C16H18N2O4S. The van der Waals surface area contributed by atoms with E-state index in [-0.39, 0.29) is 16.4 Å². The summed E-state index contributed by atoms with van der Waals surface area (Å²) in [7, 11) is -0.841. The van der Waals surface area contributed by atoms with Gasteiger partial charge in [0.2, 0.25) is 10.0 Å². The molecule has 0 atom stereocenters. The maximum Gasteiger partial charge on any atom is 0.257 e. The van der Waals surface area contributed by atoms with E-state index >= 15 is 0 Å². The zero-order chi connectivity index (χ0) is 17.0. The third-order valence-electron chi connectivity index (χ3n) is 3.34. The van der Waals surface area contributed by atoms with E-state index in [1.165, 1.54) is 30.2 Å². The number of primary sulfonamides is 1. The van der Waals surface area contributed by atoms with Gasteiger partial charge in [-0.3, -0.25) is 4.79 Å². The number of methoxy groups -OCH3 is 1. The number of amides is 1. The Morgan fingerprint density at radius 2 is 1.83 bits per heavy atom. The van der Waals surface area contributed by atoms with Gasteiger partial charge in [-0.05, 0) is 23.8 Å². The highest BCUT2D eigenvalue weighted by atomic mass is 32.2. The van der Waals surface area contributed by atoms with Gasteiger partial charge in [-0.15, -0.1) is 0 Å². The molecule has 0 radical (unpaired) electrons. The summed E-state index contributed by atoms with van der Waals surface area (Å²) in [5.74, 6) is -0.0569. The van der Waals surface area contributed by atoms with Crippen LogP contribution in [0.4, 0.5) is 0 Å². The van der Waals surface area contributed by atoms with Gasteiger partial charge in [0.1, 0.15) is 5.75 Å². The topological polar surface area (TPSA) is 89.7 Å². The minimum absolute atomic E-state index is 0.130. The summed E-state index contributed by atoms with van der Waals surface area (Å²) in [6.07, 6.45) is 0. The van der Waals surface area contributed by atoms with Crippen molar-refractivity contribution in [3.05, 3.63) is 59.7 Å². The molecule has 0 aromatic heterocycles. The third-order valence-corrected chi connectivity index (χ3v) is 4.25. The first-order chi connectivity index (χ1) is 10.8. The number of benzene rings is 2. The smallest absolute Gasteiger partial charge is 0.257 e. The monoisotopic (exact) mass is 334 g/mol. The fourth-order valence-electron chi connectivity index (χ4n) is 2.17. The average Bonchev–Trinajstić information content (AvgIpc) is 2.53. The van der Waals surface area contributed by atoms with E-state index in [0.717, 1.165) is 5.56 Å². The number of sulfonamides is 1. The Kier molecular flexibility index (Phi) is 5.02. The van der Waals surface area contributed by atoms with E-state index in [1.807, 2.05) is 30.3 Å². The van der Waals surface area contributed by atoms with Crippen molar-refractivity contribution in [1.82, 2.24) is 4.90 Å². The molecule has 0 aliphatic heterocycles. The Bertz CT molecular complexity index is 804. The molecule has 6 nitrogen and oxygen atoms in total. The molecule has 7 heteroatoms. The summed E-state index contributed by atoms with van der Waals surface area (Å²) in [5.41, 5.74) is 1.11. The lowest BCUT2D eigenvalue weighted by molar-refractivity contribution is 0.0781. The van der Waals surface area contributed by atoms with Crippen molar-refractivity contribution in [2.24, 2.45) is 5.14 Å². The number of hydrogen-bond acceptors (Lipinski definition) is 4. The Morgan fingerprint density at radius 3 is 2.39 bits per heavy atom. The predicted molar refractivity (Wildman–Crippen MR) is 86.6 cm³/mol. The Hall–Kier alpha value is -2.38. The third kappa shape index (κ3) is 4.08. The molecule has 0 saturated heterocycles. The first-order valence-corrected chi connectivity index (χ1v) is 8.38. The van der Waals surface area contributed by atoms with Gasteiger partial charge in [0.25, 0.3) is 5.91 Å². The van der Waals surface area contributed by atoms with Crippen molar-refractivity contribution in [2.45, 2.75) is 11.4 Å². The van der Waals surface area contributed by atoms with Gasteiger partial charge in [0.05, 0.1) is 17.6 Å². The molecule has 23 heavy (non-hydrogen) atoms. The minimum Gasteiger partial charge on any atom is -0.496 e. The molecule has 0 aliphatic rings. The maximum atomic E-state index is 12.6. The lowest BCUT2D eigenvalue weighted by Gasteiger charge is -2.19. The van der Waals surface area contributed by atoms with E-state index in [2.05, 4.69) is 0 Å². The van der Waals surface area contributed by atoms with E-state index in [1.54, 1.807) is 7.05 Å². The van der Waals surface area contributed by atoms with Gasteiger partial charge in [-0.2, -0.15) is 0 Å². The van der Waals surface area contributed by atoms with Crippen LogP contribution in [0.3, 0.4) is 0 Å². The highest BCUT2D eigenvalue weighted by Gasteiger charge is 2.20. The standard InChI is InChI=1S/C16H18N2O4S/c1-18(11-12-6-4-3-5-7-12)16(19)14-10-13(23(17,20)21)8-9-15(14)22-2/h3-10H,11H2,1-2H3,(H2,17,20,21). The van der Waals surface area contributed by atoms with Crippen molar-refractivity contribution in [3.63, 3.8) is 0 Å². The van der Waals surface area contributed by atoms with E-state index < -0.39 is 10.0 Å². The summed E-state index contributed by atoms with van der Waals surface area (Å²) in [4.78, 5) is 14.0. The summed E-state index contributed by atoms with van der Waals surface area (Å²) in [6, 6.07) is 13.4. The molecule has 2 N–H and O–H groups in total. The number of rotatable bonds is 5. The van der Waals surface area contributed by atoms with Crippen molar-refractivity contribution in [3.8, 4) is 5.75 Å². The SMILES string of the molecule is COc1ccc(S(N)(=O)=O)cc1C(=O)N(C)Cc1ccccc1. The summed E-state index contributed by atoms with van der Waals surface area (Å²) in [5, 5.41) is 5.12. The van der Waals surface area contributed by atoms with Crippen LogP contribution in [-0.4, -0.2) is 33.4 Å². The number of carbonyl (C=O) groups is 1. The van der Waals surface area contributed by atoms with E-state index in [4.69, 9.17) is 9.88 Å². The summed E-state index contributed by atoms with van der Waals surface area (Å²) >= 11 is 0. The zero-order valence-corrected chi connectivity index (χ0v) is 13.7. The second-order valence-corrected chi connectivity index (χ2v) is 6.62. The molecule has 2 aromatic rings. The first kappa shape index (κ1) is 17.0. The molecule has 122 valence electrons. The van der Waals surface area contributed by atoms with Gasteiger partial charge in [-0.25, -0.2) is 13.6 Å². The molecule has 0 fully saturated rings. The Labute approximate surface area is 135 Å². The van der Waals surface area contributed by atoms with E-state index in [0.29, 0.717) is 12.3 Å². The van der Waals surface area contributed by atoms with Gasteiger partial charge < -0.3 is 9.64 Å². The molecule has 0 heterocycles. The van der Waals surface area contributed by atoms with Gasteiger partial charge in [0.15, 0.2) is 0 Å². The fourth-order valence-corrected chi connectivity index (χ4v) is 2.71. The van der Waals surface area contributed by atoms with Crippen LogP contribution in [0.25, 0.3) is 0 Å². The summed E-state index contributed by atoms with van der Waals surface area (Å²) < 4.78 is 28.1. The second kappa shape index (κ2) is 6.80. The highest BCUT2D eigenvalue weighted by Crippen LogP contribution is 2.23. The molecule has 0 unspecified atom stereocenters. The van der Waals surface area contributed by atoms with Crippen LogP contribution < -0.4 is 9.88 Å². The number of nitrogens with two attached hydrogens (primary N) is 1. The normalized spacial score (nSPS) is 11.1. The Balaban J connectivity index is 2.33. The quantitative estimate of drug-likeness (QED) is 0.899. The Morgan fingerprint density at radius 1 is 1.17 bits per heavy atom. The van der Waals surface area contributed by atoms with Gasteiger partial charge in [0, 0.05) is 13.6 Å². The number of hydrogen-bond donors (Lipinski definition) is 1. The first-order valence-electron chi connectivity index (χ1n) is 6.83. The average molecular weight is 334 g/mol. The predicted octanol–water partition coefficient (Wildman–Crippen LogP) is 1.61. The van der Waals surface area contributed by atoms with Gasteiger partial charge in [-0.1, -0.05) is 30.3 Å². The van der Waals surface area contributed by atoms with Crippen LogP contribution in [0.1, 0.15) is 15.9 Å². The van der Waals surface area contributed by atoms with Crippen LogP contribution in [0, 0.1) is 0 Å². The van der Waals surface area contributed by atoms with Gasteiger partial charge >= 0.3 is 0 Å². The molecule has 0 bridgehead atoms. The van der Waals surface area contributed by atoms with E-state index in [9.17, 15) is 13.2 Å². The van der Waals surface area contributed by atoms with Crippen molar-refractivity contribution < 1.29 is 17.9 Å². The van der Waals surface area contributed by atoms with Crippen LogP contribution in [0.2, 0.25) is 0 Å². The molecule has 1 amide bonds. The maximum absolute atomic E-state index is 12.6. The van der Waals surface area contributed by atoms with Crippen LogP contribution in [-0.2, 0) is 16.6 Å². The number of carbonyl (C=O) groups excluding carboxylic acids is 1. The van der Waals surface area contributed by atoms with Crippen molar-refractivity contribution in [2.75, 3.05) is 14.2 Å². The molecule has 0 spiro atoms. The number of nitrogens with zero attached hydrogens (tertiary/aromatic N) is 1. The largest absolute Gasteiger partial charge is 0.496 e. The molecule has 0 saturated carbocycles. The highest BCUT2D eigenvalue weighted by molar-refractivity contribution is 7.89. The molecule has 2 rings (SSSR count). The number of ether oxygens (including phenoxy) is 1.